The highest BCUT2D eigenvalue weighted by atomic mass is 16.6. The normalized spacial score (nSPS) is 21.0. The van der Waals surface area contributed by atoms with Gasteiger partial charge in [0.25, 0.3) is 11.8 Å². The number of aromatic nitrogens is 3. The Morgan fingerprint density at radius 3 is 2.57 bits per heavy atom. The van der Waals surface area contributed by atoms with Crippen molar-refractivity contribution in [3.05, 3.63) is 53.5 Å². The number of ether oxygens (including phenoxy) is 1. The molecule has 3 amide bonds. The molecule has 0 unspecified atom stereocenters. The Kier molecular flexibility index (Phi) is 5.53. The van der Waals surface area contributed by atoms with Crippen LogP contribution < -0.4 is 10.6 Å². The number of fused-ring (bicyclic) bond motifs is 2. The standard InChI is InChI=1S/C25H30N6O4/c1-25(2,3)35-24(34)30-12-16-17(13-30)21(16)28-23(33)20-10-19(22(32)26-4)29-31(20)11-14-6-5-7-18-15(14)8-9-27-18/h5-10,16-17,21,27H,11-13H2,1-4H3,(H,26,32)(H,28,33)/t16-,17+,21+. The Morgan fingerprint density at radius 1 is 1.14 bits per heavy atom. The van der Waals surface area contributed by atoms with E-state index in [2.05, 4.69) is 20.7 Å². The van der Waals surface area contributed by atoms with Gasteiger partial charge in [-0.1, -0.05) is 12.1 Å². The monoisotopic (exact) mass is 478 g/mol. The third-order valence-corrected chi connectivity index (χ3v) is 6.62. The Hall–Kier alpha value is -3.82. The maximum atomic E-state index is 13.3. The van der Waals surface area contributed by atoms with E-state index in [1.165, 1.54) is 13.1 Å². The number of aromatic amines is 1. The van der Waals surface area contributed by atoms with Gasteiger partial charge in [-0.3, -0.25) is 14.3 Å². The number of H-pyrrole nitrogens is 1. The van der Waals surface area contributed by atoms with Crippen molar-refractivity contribution in [3.8, 4) is 0 Å². The van der Waals surface area contributed by atoms with E-state index in [-0.39, 0.29) is 41.5 Å². The average molecular weight is 479 g/mol. The molecular formula is C25H30N6O4. The van der Waals surface area contributed by atoms with Gasteiger partial charge in [-0.25, -0.2) is 4.79 Å². The van der Waals surface area contributed by atoms with E-state index in [1.807, 2.05) is 51.2 Å². The van der Waals surface area contributed by atoms with Crippen LogP contribution in [-0.4, -0.2) is 69.4 Å². The summed E-state index contributed by atoms with van der Waals surface area (Å²) in [6.45, 7) is 7.00. The number of hydrogen-bond donors (Lipinski definition) is 3. The topological polar surface area (TPSA) is 121 Å². The third kappa shape index (κ3) is 4.48. The molecule has 2 fully saturated rings. The number of piperidine rings is 1. The first kappa shape index (κ1) is 22.9. The van der Waals surface area contributed by atoms with Crippen LogP contribution in [0.1, 0.15) is 47.3 Å². The molecule has 1 saturated heterocycles. The van der Waals surface area contributed by atoms with Gasteiger partial charge in [0.05, 0.1) is 6.54 Å². The van der Waals surface area contributed by atoms with Gasteiger partial charge in [-0.2, -0.15) is 5.10 Å². The minimum atomic E-state index is -0.539. The second-order valence-electron chi connectivity index (χ2n) is 10.2. The van der Waals surface area contributed by atoms with Gasteiger partial charge < -0.3 is 25.3 Å². The number of amides is 3. The highest BCUT2D eigenvalue weighted by Crippen LogP contribution is 2.46. The predicted molar refractivity (Wildman–Crippen MR) is 129 cm³/mol. The van der Waals surface area contributed by atoms with Crippen LogP contribution in [0, 0.1) is 11.8 Å². The van der Waals surface area contributed by atoms with Gasteiger partial charge in [0.15, 0.2) is 5.69 Å². The van der Waals surface area contributed by atoms with Crippen LogP contribution >= 0.6 is 0 Å². The fourth-order valence-corrected chi connectivity index (χ4v) is 4.85. The largest absolute Gasteiger partial charge is 0.444 e. The maximum absolute atomic E-state index is 13.3. The lowest BCUT2D eigenvalue weighted by molar-refractivity contribution is 0.0269. The minimum absolute atomic E-state index is 0.0129. The number of carbonyl (C=O) groups excluding carboxylic acids is 3. The van der Waals surface area contributed by atoms with Crippen molar-refractivity contribution in [2.75, 3.05) is 20.1 Å². The van der Waals surface area contributed by atoms with Crippen LogP contribution in [0.4, 0.5) is 4.79 Å². The zero-order chi connectivity index (χ0) is 24.9. The van der Waals surface area contributed by atoms with E-state index in [9.17, 15) is 14.4 Å². The van der Waals surface area contributed by atoms with Gasteiger partial charge in [-0.15, -0.1) is 0 Å². The zero-order valence-electron chi connectivity index (χ0n) is 20.3. The van der Waals surface area contributed by atoms with Gasteiger partial charge >= 0.3 is 6.09 Å². The Morgan fingerprint density at radius 2 is 1.89 bits per heavy atom. The van der Waals surface area contributed by atoms with Crippen LogP contribution in [0.3, 0.4) is 0 Å². The maximum Gasteiger partial charge on any atom is 0.410 e. The molecule has 1 aliphatic heterocycles. The Bertz CT molecular complexity index is 1290. The van der Waals surface area contributed by atoms with Crippen molar-refractivity contribution in [3.63, 3.8) is 0 Å². The van der Waals surface area contributed by atoms with Gasteiger partial charge in [-0.05, 0) is 38.5 Å². The molecule has 1 saturated carbocycles. The van der Waals surface area contributed by atoms with E-state index in [0.29, 0.717) is 25.3 Å². The first-order valence-electron chi connectivity index (χ1n) is 11.8. The van der Waals surface area contributed by atoms with Crippen molar-refractivity contribution >= 4 is 28.8 Å². The summed E-state index contributed by atoms with van der Waals surface area (Å²) in [5.74, 6) is -0.226. The molecule has 0 radical (unpaired) electrons. The fourth-order valence-electron chi connectivity index (χ4n) is 4.85. The number of likely N-dealkylation sites (tertiary alicyclic amines) is 1. The SMILES string of the molecule is CNC(=O)c1cc(C(=O)N[C@H]2[C@@H]3CN(C(=O)OC(C)(C)C)C[C@@H]32)n(Cc2cccc3[nH]ccc23)n1. The van der Waals surface area contributed by atoms with E-state index >= 15 is 0 Å². The van der Waals surface area contributed by atoms with Crippen LogP contribution in [0.5, 0.6) is 0 Å². The van der Waals surface area contributed by atoms with Gasteiger partial charge in [0.2, 0.25) is 0 Å². The molecule has 3 atom stereocenters. The second kappa shape index (κ2) is 8.44. The van der Waals surface area contributed by atoms with Crippen molar-refractivity contribution in [2.24, 2.45) is 11.8 Å². The molecule has 1 aromatic carbocycles. The molecule has 35 heavy (non-hydrogen) atoms. The lowest BCUT2D eigenvalue weighted by Crippen LogP contribution is -2.40. The molecule has 10 nitrogen and oxygen atoms in total. The van der Waals surface area contributed by atoms with Crippen LogP contribution in [0.15, 0.2) is 36.5 Å². The predicted octanol–water partition coefficient (Wildman–Crippen LogP) is 2.37. The summed E-state index contributed by atoms with van der Waals surface area (Å²) in [5.41, 5.74) is 1.95. The van der Waals surface area contributed by atoms with Crippen molar-refractivity contribution in [2.45, 2.75) is 39.0 Å². The Balaban J connectivity index is 1.30. The summed E-state index contributed by atoms with van der Waals surface area (Å²) in [6.07, 6.45) is 1.55. The second-order valence-corrected chi connectivity index (χ2v) is 10.2. The first-order valence-corrected chi connectivity index (χ1v) is 11.8. The fraction of sp³-hybridized carbons (Fsp3) is 0.440. The summed E-state index contributed by atoms with van der Waals surface area (Å²) in [6, 6.07) is 9.40. The van der Waals surface area contributed by atoms with E-state index in [4.69, 9.17) is 4.74 Å². The summed E-state index contributed by atoms with van der Waals surface area (Å²) in [4.78, 5) is 42.7. The van der Waals surface area contributed by atoms with Crippen molar-refractivity contribution in [1.82, 2.24) is 30.3 Å². The molecule has 184 valence electrons. The van der Waals surface area contributed by atoms with Crippen molar-refractivity contribution < 1.29 is 19.1 Å². The third-order valence-electron chi connectivity index (χ3n) is 6.62. The number of nitrogens with zero attached hydrogens (tertiary/aromatic N) is 3. The zero-order valence-corrected chi connectivity index (χ0v) is 20.3. The van der Waals surface area contributed by atoms with E-state index < -0.39 is 5.60 Å². The number of rotatable bonds is 5. The molecule has 2 aliphatic rings. The van der Waals surface area contributed by atoms with Crippen molar-refractivity contribution in [1.29, 1.82) is 0 Å². The van der Waals surface area contributed by atoms with E-state index in [1.54, 1.807) is 9.58 Å². The summed E-state index contributed by atoms with van der Waals surface area (Å²) in [7, 11) is 1.53. The van der Waals surface area contributed by atoms with Crippen LogP contribution in [-0.2, 0) is 11.3 Å². The molecule has 10 heteroatoms. The number of nitrogens with one attached hydrogen (secondary N) is 3. The smallest absolute Gasteiger partial charge is 0.410 e. The highest BCUT2D eigenvalue weighted by molar-refractivity contribution is 5.98. The summed E-state index contributed by atoms with van der Waals surface area (Å²) in [5, 5.41) is 11.1. The van der Waals surface area contributed by atoms with Crippen LogP contribution in [0.25, 0.3) is 10.9 Å². The minimum Gasteiger partial charge on any atom is -0.444 e. The number of hydrogen-bond acceptors (Lipinski definition) is 5. The quantitative estimate of drug-likeness (QED) is 0.520. The summed E-state index contributed by atoms with van der Waals surface area (Å²) < 4.78 is 7.03. The lowest BCUT2D eigenvalue weighted by Gasteiger charge is -2.26. The average Bonchev–Trinajstić information content (AvgIpc) is 3.30. The molecule has 0 spiro atoms. The molecule has 1 aliphatic carbocycles. The number of carbonyl (C=O) groups is 3. The number of benzene rings is 1. The molecule has 5 rings (SSSR count). The lowest BCUT2D eigenvalue weighted by atomic mass is 10.1. The highest BCUT2D eigenvalue weighted by Gasteiger charge is 2.58. The van der Waals surface area contributed by atoms with E-state index in [0.717, 1.165) is 16.5 Å². The van der Waals surface area contributed by atoms with Crippen LogP contribution in [0.2, 0.25) is 0 Å². The molecule has 3 N–H and O–H groups in total. The molecule has 0 bridgehead atoms. The molecule has 3 heterocycles. The first-order chi connectivity index (χ1) is 16.6. The molecule has 3 aromatic rings. The molecule has 2 aromatic heterocycles. The molecular weight excluding hydrogens is 448 g/mol. The van der Waals surface area contributed by atoms with Gasteiger partial charge in [0.1, 0.15) is 11.3 Å². The van der Waals surface area contributed by atoms with Gasteiger partial charge in [0, 0.05) is 61.2 Å². The Labute approximate surface area is 203 Å². The summed E-state index contributed by atoms with van der Waals surface area (Å²) >= 11 is 0.